The van der Waals surface area contributed by atoms with E-state index in [1.54, 1.807) is 18.2 Å². The Hall–Kier alpha value is -2.25. The van der Waals surface area contributed by atoms with Crippen LogP contribution in [-0.4, -0.2) is 27.5 Å². The molecule has 0 aliphatic heterocycles. The normalized spacial score (nSPS) is 11.2. The van der Waals surface area contributed by atoms with Gasteiger partial charge in [-0.2, -0.15) is 0 Å². The molecule has 0 fully saturated rings. The fourth-order valence-electron chi connectivity index (χ4n) is 2.13. The number of methoxy groups -OCH3 is 1. The first-order chi connectivity index (χ1) is 11.7. The van der Waals surface area contributed by atoms with Crippen molar-refractivity contribution in [3.8, 4) is 5.75 Å². The Labute approximate surface area is 152 Å². The lowest BCUT2D eigenvalue weighted by Gasteiger charge is -2.14. The average Bonchev–Trinajstić information content (AvgIpc) is 2.54. The van der Waals surface area contributed by atoms with Crippen LogP contribution in [0.3, 0.4) is 0 Å². The number of ether oxygens (including phenoxy) is 1. The molecule has 1 amide bonds. The van der Waals surface area contributed by atoms with Crippen molar-refractivity contribution in [1.82, 2.24) is 5.32 Å². The molecule has 2 rings (SSSR count). The largest absolute Gasteiger partial charge is 0.495 e. The Kier molecular flexibility index (Phi) is 5.92. The first-order valence-electron chi connectivity index (χ1n) is 7.51. The van der Waals surface area contributed by atoms with Crippen molar-refractivity contribution in [2.45, 2.75) is 24.8 Å². The van der Waals surface area contributed by atoms with Crippen molar-refractivity contribution in [3.05, 3.63) is 53.1 Å². The molecule has 0 atom stereocenters. The first kappa shape index (κ1) is 19.1. The number of para-hydroxylation sites is 1. The third-order valence-corrected chi connectivity index (χ3v) is 4.93. The lowest BCUT2D eigenvalue weighted by Crippen LogP contribution is -2.31. The van der Waals surface area contributed by atoms with Gasteiger partial charge in [0.1, 0.15) is 5.75 Å². The number of rotatable bonds is 6. The minimum atomic E-state index is -3.92. The van der Waals surface area contributed by atoms with Crippen LogP contribution in [0.25, 0.3) is 0 Å². The van der Waals surface area contributed by atoms with Crippen LogP contribution < -0.4 is 14.8 Å². The maximum absolute atomic E-state index is 12.6. The molecule has 134 valence electrons. The van der Waals surface area contributed by atoms with Crippen molar-refractivity contribution >= 4 is 33.2 Å². The Balaban J connectivity index is 2.35. The topological polar surface area (TPSA) is 84.5 Å². The second kappa shape index (κ2) is 7.76. The molecule has 2 aromatic carbocycles. The zero-order chi connectivity index (χ0) is 18.6. The van der Waals surface area contributed by atoms with E-state index in [-0.39, 0.29) is 33.1 Å². The van der Waals surface area contributed by atoms with E-state index in [1.807, 2.05) is 13.8 Å². The van der Waals surface area contributed by atoms with Crippen LogP contribution in [0.4, 0.5) is 5.69 Å². The lowest BCUT2D eigenvalue weighted by atomic mass is 10.1. The van der Waals surface area contributed by atoms with Gasteiger partial charge in [0.2, 0.25) is 0 Å². The monoisotopic (exact) mass is 382 g/mol. The SMILES string of the molecule is COc1ccc(S(=O)(=O)Nc2ccccc2C(=O)NC(C)C)cc1Cl. The molecule has 0 unspecified atom stereocenters. The Bertz CT molecular complexity index is 882. The maximum atomic E-state index is 12.6. The Morgan fingerprint density at radius 3 is 2.44 bits per heavy atom. The molecule has 2 aromatic rings. The summed E-state index contributed by atoms with van der Waals surface area (Å²) in [6.07, 6.45) is 0. The summed E-state index contributed by atoms with van der Waals surface area (Å²) in [5, 5.41) is 2.91. The lowest BCUT2D eigenvalue weighted by molar-refractivity contribution is 0.0944. The molecule has 0 aliphatic carbocycles. The van der Waals surface area contributed by atoms with Crippen LogP contribution in [0.15, 0.2) is 47.4 Å². The molecule has 8 heteroatoms. The van der Waals surface area contributed by atoms with Crippen LogP contribution >= 0.6 is 11.6 Å². The highest BCUT2D eigenvalue weighted by atomic mass is 35.5. The van der Waals surface area contributed by atoms with Crippen molar-refractivity contribution in [1.29, 1.82) is 0 Å². The van der Waals surface area contributed by atoms with Gasteiger partial charge in [0.25, 0.3) is 15.9 Å². The molecule has 0 heterocycles. The van der Waals surface area contributed by atoms with E-state index in [0.29, 0.717) is 5.75 Å². The van der Waals surface area contributed by atoms with Gasteiger partial charge in [0, 0.05) is 6.04 Å². The number of hydrogen-bond donors (Lipinski definition) is 2. The predicted molar refractivity (Wildman–Crippen MR) is 97.9 cm³/mol. The summed E-state index contributed by atoms with van der Waals surface area (Å²) in [5.41, 5.74) is 0.423. The summed E-state index contributed by atoms with van der Waals surface area (Å²) < 4.78 is 32.7. The van der Waals surface area contributed by atoms with Gasteiger partial charge >= 0.3 is 0 Å². The van der Waals surface area contributed by atoms with Crippen molar-refractivity contribution < 1.29 is 17.9 Å². The third-order valence-electron chi connectivity index (χ3n) is 3.27. The van der Waals surface area contributed by atoms with Gasteiger partial charge < -0.3 is 10.1 Å². The quantitative estimate of drug-likeness (QED) is 0.802. The number of anilines is 1. The summed E-state index contributed by atoms with van der Waals surface area (Å²) in [4.78, 5) is 12.2. The second-order valence-electron chi connectivity index (χ2n) is 5.58. The smallest absolute Gasteiger partial charge is 0.261 e. The number of sulfonamides is 1. The van der Waals surface area contributed by atoms with Crippen LogP contribution in [0, 0.1) is 0 Å². The number of nitrogens with one attached hydrogen (secondary N) is 2. The number of halogens is 1. The summed E-state index contributed by atoms with van der Waals surface area (Å²) in [5.74, 6) is 0.0124. The minimum Gasteiger partial charge on any atom is -0.495 e. The van der Waals surface area contributed by atoms with Crippen LogP contribution in [0.2, 0.25) is 5.02 Å². The van der Waals surface area contributed by atoms with Gasteiger partial charge in [-0.1, -0.05) is 23.7 Å². The highest BCUT2D eigenvalue weighted by Gasteiger charge is 2.20. The number of carbonyl (C=O) groups excluding carboxylic acids is 1. The van der Waals surface area contributed by atoms with Gasteiger partial charge in [0.15, 0.2) is 0 Å². The molecule has 2 N–H and O–H groups in total. The maximum Gasteiger partial charge on any atom is 0.261 e. The van der Waals surface area contributed by atoms with Gasteiger partial charge in [-0.05, 0) is 44.2 Å². The molecule has 0 aromatic heterocycles. The standard InChI is InChI=1S/C17H19ClN2O4S/c1-11(2)19-17(21)13-6-4-5-7-15(13)20-25(22,23)12-8-9-16(24-3)14(18)10-12/h4-11,20H,1-3H3,(H,19,21). The molecule has 0 aliphatic rings. The van der Waals surface area contributed by atoms with Crippen LogP contribution in [0.5, 0.6) is 5.75 Å². The van der Waals surface area contributed by atoms with Gasteiger partial charge in [-0.3, -0.25) is 9.52 Å². The fourth-order valence-corrected chi connectivity index (χ4v) is 3.56. The van der Waals surface area contributed by atoms with E-state index in [1.165, 1.54) is 31.4 Å². The van der Waals surface area contributed by atoms with Crippen molar-refractivity contribution in [3.63, 3.8) is 0 Å². The summed E-state index contributed by atoms with van der Waals surface area (Å²) >= 11 is 6.00. The summed E-state index contributed by atoms with van der Waals surface area (Å²) in [6.45, 7) is 3.65. The first-order valence-corrected chi connectivity index (χ1v) is 9.37. The van der Waals surface area contributed by atoms with Crippen LogP contribution in [-0.2, 0) is 10.0 Å². The summed E-state index contributed by atoms with van der Waals surface area (Å²) in [6, 6.07) is 10.5. The van der Waals surface area contributed by atoms with E-state index < -0.39 is 10.0 Å². The Morgan fingerprint density at radius 2 is 1.84 bits per heavy atom. The number of amides is 1. The predicted octanol–water partition coefficient (Wildman–Crippen LogP) is 3.29. The number of carbonyl (C=O) groups is 1. The zero-order valence-corrected chi connectivity index (χ0v) is 15.6. The molecule has 0 saturated heterocycles. The van der Waals surface area contributed by atoms with E-state index in [0.717, 1.165) is 0 Å². The molecule has 0 bridgehead atoms. The van der Waals surface area contributed by atoms with Crippen molar-refractivity contribution in [2.24, 2.45) is 0 Å². The number of benzene rings is 2. The van der Waals surface area contributed by atoms with Crippen LogP contribution in [0.1, 0.15) is 24.2 Å². The highest BCUT2D eigenvalue weighted by molar-refractivity contribution is 7.92. The molecular weight excluding hydrogens is 364 g/mol. The van der Waals surface area contributed by atoms with E-state index in [4.69, 9.17) is 16.3 Å². The zero-order valence-electron chi connectivity index (χ0n) is 14.0. The second-order valence-corrected chi connectivity index (χ2v) is 7.67. The number of hydrogen-bond acceptors (Lipinski definition) is 4. The fraction of sp³-hybridized carbons (Fsp3) is 0.235. The molecule has 0 radical (unpaired) electrons. The minimum absolute atomic E-state index is 0.0302. The molecule has 0 saturated carbocycles. The molecule has 6 nitrogen and oxygen atoms in total. The highest BCUT2D eigenvalue weighted by Crippen LogP contribution is 2.28. The Morgan fingerprint density at radius 1 is 1.16 bits per heavy atom. The van der Waals surface area contributed by atoms with E-state index in [9.17, 15) is 13.2 Å². The average molecular weight is 383 g/mol. The molecule has 25 heavy (non-hydrogen) atoms. The van der Waals surface area contributed by atoms with Crippen molar-refractivity contribution in [2.75, 3.05) is 11.8 Å². The molecular formula is C17H19ClN2O4S. The van der Waals surface area contributed by atoms with E-state index >= 15 is 0 Å². The summed E-state index contributed by atoms with van der Waals surface area (Å²) in [7, 11) is -2.47. The molecule has 0 spiro atoms. The van der Waals surface area contributed by atoms with Gasteiger partial charge in [-0.25, -0.2) is 8.42 Å². The van der Waals surface area contributed by atoms with Gasteiger partial charge in [-0.15, -0.1) is 0 Å². The van der Waals surface area contributed by atoms with Gasteiger partial charge in [0.05, 0.1) is 28.3 Å². The third kappa shape index (κ3) is 4.64. The van der Waals surface area contributed by atoms with E-state index in [2.05, 4.69) is 10.0 Å².